The highest BCUT2D eigenvalue weighted by molar-refractivity contribution is 7.09. The number of hydrogen-bond donors (Lipinski definition) is 2. The molecule has 40 heavy (non-hydrogen) atoms. The SMILES string of the molecule is CCCCCCCCCCCCCCOc1c(F)cccc1NC(=O)Nc1cccc(C[n+]2ccsc2C)c1.[Br-]. The molecule has 0 saturated heterocycles. The quantitative estimate of drug-likeness (QED) is 0.128. The highest BCUT2D eigenvalue weighted by atomic mass is 79.9. The number of para-hydroxylation sites is 1. The molecule has 3 rings (SSSR count). The third-order valence-corrected chi connectivity index (χ3v) is 7.71. The molecule has 5 nitrogen and oxygen atoms in total. The Kier molecular flexibility index (Phi) is 16.5. The van der Waals surface area contributed by atoms with Crippen LogP contribution in [-0.2, 0) is 6.54 Å². The summed E-state index contributed by atoms with van der Waals surface area (Å²) in [7, 11) is 0. The van der Waals surface area contributed by atoms with E-state index in [4.69, 9.17) is 4.74 Å². The molecule has 0 saturated carbocycles. The van der Waals surface area contributed by atoms with E-state index in [-0.39, 0.29) is 22.7 Å². The molecule has 2 N–H and O–H groups in total. The Hall–Kier alpha value is -2.45. The number of amides is 2. The number of aryl methyl sites for hydroxylation is 1. The van der Waals surface area contributed by atoms with Crippen LogP contribution in [0, 0.1) is 12.7 Å². The van der Waals surface area contributed by atoms with Crippen LogP contribution in [0.2, 0.25) is 0 Å². The largest absolute Gasteiger partial charge is 1.00 e. The van der Waals surface area contributed by atoms with Crippen molar-refractivity contribution in [3.63, 3.8) is 0 Å². The van der Waals surface area contributed by atoms with Crippen molar-refractivity contribution in [3.05, 3.63) is 70.4 Å². The number of rotatable bonds is 18. The topological polar surface area (TPSA) is 54.2 Å². The van der Waals surface area contributed by atoms with Gasteiger partial charge in [-0.25, -0.2) is 9.18 Å². The zero-order valence-electron chi connectivity index (χ0n) is 24.0. The van der Waals surface area contributed by atoms with Crippen LogP contribution >= 0.6 is 11.3 Å². The number of thiazole rings is 1. The predicted octanol–water partition coefficient (Wildman–Crippen LogP) is 6.26. The van der Waals surface area contributed by atoms with Crippen LogP contribution in [0.25, 0.3) is 0 Å². The minimum atomic E-state index is -0.475. The van der Waals surface area contributed by atoms with Crippen LogP contribution in [0.15, 0.2) is 54.0 Å². The van der Waals surface area contributed by atoms with E-state index in [2.05, 4.69) is 40.6 Å². The fourth-order valence-corrected chi connectivity index (χ4v) is 5.30. The summed E-state index contributed by atoms with van der Waals surface area (Å²) in [6.45, 7) is 5.49. The van der Waals surface area contributed by atoms with E-state index in [0.29, 0.717) is 18.0 Å². The molecule has 1 heterocycles. The van der Waals surface area contributed by atoms with Crippen molar-refractivity contribution in [1.82, 2.24) is 0 Å². The fourth-order valence-electron chi connectivity index (χ4n) is 4.64. The van der Waals surface area contributed by atoms with E-state index in [1.54, 1.807) is 23.5 Å². The van der Waals surface area contributed by atoms with Crippen LogP contribution in [0.4, 0.5) is 20.6 Å². The smallest absolute Gasteiger partial charge is 0.323 e. The van der Waals surface area contributed by atoms with E-state index in [0.717, 1.165) is 24.9 Å². The van der Waals surface area contributed by atoms with Gasteiger partial charge < -0.3 is 32.4 Å². The van der Waals surface area contributed by atoms with Crippen molar-refractivity contribution in [1.29, 1.82) is 0 Å². The molecule has 2 amide bonds. The molecule has 0 atom stereocenters. The number of anilines is 2. The van der Waals surface area contributed by atoms with Gasteiger partial charge in [0.2, 0.25) is 5.01 Å². The van der Waals surface area contributed by atoms with Gasteiger partial charge in [-0.3, -0.25) is 0 Å². The van der Waals surface area contributed by atoms with Crippen LogP contribution in [-0.4, -0.2) is 12.6 Å². The molecular weight excluding hydrogens is 589 g/mol. The van der Waals surface area contributed by atoms with Gasteiger partial charge in [0.05, 0.1) is 17.7 Å². The molecule has 220 valence electrons. The van der Waals surface area contributed by atoms with E-state index in [1.807, 2.05) is 24.3 Å². The van der Waals surface area contributed by atoms with Gasteiger partial charge in [-0.1, -0.05) is 107 Å². The van der Waals surface area contributed by atoms with Crippen molar-refractivity contribution in [3.8, 4) is 5.75 Å². The van der Waals surface area contributed by atoms with Gasteiger partial charge in [-0.05, 0) is 30.7 Å². The van der Waals surface area contributed by atoms with E-state index < -0.39 is 11.8 Å². The molecule has 0 aliphatic rings. The van der Waals surface area contributed by atoms with Crippen LogP contribution in [0.5, 0.6) is 5.75 Å². The van der Waals surface area contributed by atoms with Gasteiger partial charge in [-0.2, -0.15) is 4.57 Å². The number of benzene rings is 2. The van der Waals surface area contributed by atoms with Gasteiger partial charge in [-0.15, -0.1) is 0 Å². The maximum Gasteiger partial charge on any atom is 0.323 e. The lowest BCUT2D eigenvalue weighted by atomic mass is 10.1. The normalized spacial score (nSPS) is 10.7. The van der Waals surface area contributed by atoms with Crippen molar-refractivity contribution in [2.45, 2.75) is 97.4 Å². The molecule has 0 bridgehead atoms. The number of halogens is 2. The lowest BCUT2D eigenvalue weighted by Gasteiger charge is -2.14. The molecule has 8 heteroatoms. The summed E-state index contributed by atoms with van der Waals surface area (Å²) in [5.74, 6) is -0.384. The molecule has 1 aromatic heterocycles. The average molecular weight is 635 g/mol. The number of carbonyl (C=O) groups is 1. The van der Waals surface area contributed by atoms with Gasteiger partial charge in [0.1, 0.15) is 0 Å². The molecule has 0 fully saturated rings. The first-order valence-corrected chi connectivity index (χ1v) is 15.5. The molecule has 0 unspecified atom stereocenters. The molecule has 2 aromatic carbocycles. The summed E-state index contributed by atoms with van der Waals surface area (Å²) in [4.78, 5) is 12.7. The van der Waals surface area contributed by atoms with Crippen LogP contribution in [0.3, 0.4) is 0 Å². The number of ether oxygens (including phenoxy) is 1. The Balaban J connectivity index is 0.00000560. The second-order valence-corrected chi connectivity index (χ2v) is 11.3. The first kappa shape index (κ1) is 33.8. The number of nitrogens with zero attached hydrogens (tertiary/aromatic N) is 1. The predicted molar refractivity (Wildman–Crippen MR) is 160 cm³/mol. The summed E-state index contributed by atoms with van der Waals surface area (Å²) >= 11 is 1.70. The molecule has 3 aromatic rings. The Morgan fingerprint density at radius 3 is 2.20 bits per heavy atom. The van der Waals surface area contributed by atoms with Crippen LogP contribution in [0.1, 0.15) is 94.5 Å². The summed E-state index contributed by atoms with van der Waals surface area (Å²) in [6, 6.07) is 11.9. The maximum absolute atomic E-state index is 14.5. The Labute approximate surface area is 254 Å². The van der Waals surface area contributed by atoms with Crippen molar-refractivity contribution in [2.75, 3.05) is 17.2 Å². The second kappa shape index (κ2) is 19.6. The fraction of sp³-hybridized carbons (Fsp3) is 0.500. The minimum Gasteiger partial charge on any atom is -1.00 e. The first-order valence-electron chi connectivity index (χ1n) is 14.6. The summed E-state index contributed by atoms with van der Waals surface area (Å²) in [5, 5.41) is 8.88. The molecule has 0 spiro atoms. The Morgan fingerprint density at radius 2 is 1.55 bits per heavy atom. The number of unbranched alkanes of at least 4 members (excludes halogenated alkanes) is 11. The van der Waals surface area contributed by atoms with E-state index in [1.165, 1.54) is 75.3 Å². The zero-order valence-corrected chi connectivity index (χ0v) is 26.4. The standard InChI is InChI=1S/C32H44FN3O2S.BrH/c1-3-4-5-6-7-8-9-10-11-12-13-14-22-38-31-29(33)19-16-20-30(31)35-32(37)34-28-18-15-17-27(24-28)25-36-21-23-39-26(36)2;/h15-21,23-24H,3-14,22,25H2,1-2H3,(H-,34,35,37);1H. The lowest BCUT2D eigenvalue weighted by molar-refractivity contribution is -0.689. The number of urea groups is 1. The van der Waals surface area contributed by atoms with Gasteiger partial charge >= 0.3 is 6.03 Å². The Morgan fingerprint density at radius 1 is 0.900 bits per heavy atom. The third-order valence-electron chi connectivity index (χ3n) is 6.88. The van der Waals surface area contributed by atoms with E-state index >= 15 is 0 Å². The maximum atomic E-state index is 14.5. The Bertz CT molecular complexity index is 1140. The zero-order chi connectivity index (χ0) is 27.7. The highest BCUT2D eigenvalue weighted by Gasteiger charge is 2.14. The van der Waals surface area contributed by atoms with Crippen molar-refractivity contribution in [2.24, 2.45) is 0 Å². The summed E-state index contributed by atoms with van der Waals surface area (Å²) < 4.78 is 22.5. The monoisotopic (exact) mass is 633 g/mol. The average Bonchev–Trinajstić information content (AvgIpc) is 3.32. The third kappa shape index (κ3) is 12.4. The second-order valence-electron chi connectivity index (χ2n) is 10.2. The van der Waals surface area contributed by atoms with Gasteiger partial charge in [0, 0.05) is 18.2 Å². The summed E-state index contributed by atoms with van der Waals surface area (Å²) in [5.41, 5.74) is 2.08. The number of hydrogen-bond acceptors (Lipinski definition) is 3. The molecular formula is C32H45BrFN3O2S. The number of nitrogens with one attached hydrogen (secondary N) is 2. The molecule has 0 radical (unpaired) electrons. The first-order chi connectivity index (χ1) is 19.1. The lowest BCUT2D eigenvalue weighted by Crippen LogP contribution is -3.00. The van der Waals surface area contributed by atoms with E-state index in [9.17, 15) is 9.18 Å². The minimum absolute atomic E-state index is 0. The number of carbonyl (C=O) groups excluding carboxylic acids is 1. The molecule has 0 aliphatic carbocycles. The van der Waals surface area contributed by atoms with Gasteiger partial charge in [0.25, 0.3) is 0 Å². The number of aromatic nitrogens is 1. The highest BCUT2D eigenvalue weighted by Crippen LogP contribution is 2.28. The molecule has 0 aliphatic heterocycles. The van der Waals surface area contributed by atoms with Crippen molar-refractivity contribution >= 4 is 28.7 Å². The van der Waals surface area contributed by atoms with Crippen molar-refractivity contribution < 1.29 is 35.5 Å². The van der Waals surface area contributed by atoms with Crippen LogP contribution < -0.4 is 36.9 Å². The summed E-state index contributed by atoms with van der Waals surface area (Å²) in [6.07, 6.45) is 17.2. The van der Waals surface area contributed by atoms with Gasteiger partial charge in [0.15, 0.2) is 24.3 Å².